The lowest BCUT2D eigenvalue weighted by Crippen LogP contribution is -2.31. The predicted octanol–water partition coefficient (Wildman–Crippen LogP) is -0.258. The van der Waals surface area contributed by atoms with Gasteiger partial charge < -0.3 is 15.0 Å². The molecule has 2 atom stereocenters. The number of hydrogen-bond donors (Lipinski definition) is 2. The van der Waals surface area contributed by atoms with Crippen molar-refractivity contribution >= 4 is 13.6 Å². The molecular weight excluding hydrogens is 157 g/mol. The maximum atomic E-state index is 10.6. The number of nitrogens with one attached hydrogen (secondary N) is 1. The van der Waals surface area contributed by atoms with E-state index in [1.165, 1.54) is 0 Å². The van der Waals surface area contributed by atoms with Crippen molar-refractivity contribution in [3.63, 3.8) is 0 Å². The highest BCUT2D eigenvalue weighted by Gasteiger charge is 2.28. The van der Waals surface area contributed by atoms with Crippen LogP contribution in [0.15, 0.2) is 0 Å². The molecule has 4 nitrogen and oxygen atoms in total. The van der Waals surface area contributed by atoms with Gasteiger partial charge in [-0.3, -0.25) is 4.79 Å². The van der Waals surface area contributed by atoms with Crippen LogP contribution in [0.5, 0.6) is 0 Å². The van der Waals surface area contributed by atoms with Crippen molar-refractivity contribution < 1.29 is 14.6 Å². The van der Waals surface area contributed by atoms with Gasteiger partial charge in [-0.15, -0.1) is 0 Å². The quantitative estimate of drug-likeness (QED) is 0.572. The molecule has 2 unspecified atom stereocenters. The van der Waals surface area contributed by atoms with Crippen LogP contribution in [0.25, 0.3) is 0 Å². The van der Waals surface area contributed by atoms with Gasteiger partial charge in [-0.2, -0.15) is 0 Å². The first-order chi connectivity index (χ1) is 5.74. The lowest BCUT2D eigenvalue weighted by Gasteiger charge is -2.09. The molecule has 68 valence electrons. The Hall–Kier alpha value is -0.545. The molecule has 5 heteroatoms. The third-order valence-electron chi connectivity index (χ3n) is 2.30. The van der Waals surface area contributed by atoms with Crippen LogP contribution in [0.4, 0.5) is 0 Å². The second kappa shape index (κ2) is 4.47. The lowest BCUT2D eigenvalue weighted by atomic mass is 10.1. The van der Waals surface area contributed by atoms with Gasteiger partial charge >= 0.3 is 13.6 Å². The van der Waals surface area contributed by atoms with E-state index in [0.717, 1.165) is 19.3 Å². The van der Waals surface area contributed by atoms with Gasteiger partial charge in [0.15, 0.2) is 0 Å². The van der Waals surface area contributed by atoms with E-state index in [1.807, 2.05) is 0 Å². The fourth-order valence-corrected chi connectivity index (χ4v) is 1.59. The molecule has 0 radical (unpaired) electrons. The van der Waals surface area contributed by atoms with Gasteiger partial charge in [0.05, 0.1) is 5.92 Å². The number of aliphatic carboxylic acids is 1. The normalized spacial score (nSPS) is 28.8. The minimum absolute atomic E-state index is 0.153. The molecular formula is C7H14BNO3. The summed E-state index contributed by atoms with van der Waals surface area (Å²) in [5.74, 6) is -0.823. The Labute approximate surface area is 72.6 Å². The van der Waals surface area contributed by atoms with Crippen molar-refractivity contribution in [1.82, 2.24) is 5.23 Å². The van der Waals surface area contributed by atoms with Gasteiger partial charge in [-0.25, -0.2) is 0 Å². The van der Waals surface area contributed by atoms with Gasteiger partial charge in [-0.05, 0) is 25.3 Å². The van der Waals surface area contributed by atoms with E-state index >= 15 is 0 Å². The third-order valence-corrected chi connectivity index (χ3v) is 2.30. The van der Waals surface area contributed by atoms with E-state index in [4.69, 9.17) is 9.76 Å². The van der Waals surface area contributed by atoms with Gasteiger partial charge in [0, 0.05) is 7.11 Å². The van der Waals surface area contributed by atoms with Gasteiger partial charge in [0.25, 0.3) is 0 Å². The zero-order chi connectivity index (χ0) is 8.97. The van der Waals surface area contributed by atoms with E-state index in [-0.39, 0.29) is 5.92 Å². The molecule has 0 bridgehead atoms. The van der Waals surface area contributed by atoms with Crippen LogP contribution < -0.4 is 5.23 Å². The van der Waals surface area contributed by atoms with Crippen LogP contribution in [0.2, 0.25) is 0 Å². The van der Waals surface area contributed by atoms with Crippen molar-refractivity contribution in [1.29, 1.82) is 0 Å². The van der Waals surface area contributed by atoms with E-state index in [0.29, 0.717) is 13.7 Å². The highest BCUT2D eigenvalue weighted by molar-refractivity contribution is 6.23. The van der Waals surface area contributed by atoms with Gasteiger partial charge in [-0.1, -0.05) is 0 Å². The molecule has 1 fully saturated rings. The van der Waals surface area contributed by atoms with E-state index < -0.39 is 5.97 Å². The fraction of sp³-hybridized carbons (Fsp3) is 0.857. The van der Waals surface area contributed by atoms with Crippen molar-refractivity contribution in [3.8, 4) is 0 Å². The maximum Gasteiger partial charge on any atom is 0.360 e. The summed E-state index contributed by atoms with van der Waals surface area (Å²) in [6, 6.07) is 0.325. The average Bonchev–Trinajstić information content (AvgIpc) is 2.48. The molecule has 0 spiro atoms. The van der Waals surface area contributed by atoms with Crippen LogP contribution in [0.3, 0.4) is 0 Å². The zero-order valence-electron chi connectivity index (χ0n) is 7.25. The summed E-state index contributed by atoms with van der Waals surface area (Å²) in [4.78, 5) is 10.6. The summed E-state index contributed by atoms with van der Waals surface area (Å²) in [5.41, 5.74) is 0. The first-order valence-electron chi connectivity index (χ1n) is 4.19. The van der Waals surface area contributed by atoms with Crippen molar-refractivity contribution in [2.24, 2.45) is 5.92 Å². The first-order valence-corrected chi connectivity index (χ1v) is 4.19. The zero-order valence-corrected chi connectivity index (χ0v) is 7.25. The fourth-order valence-electron chi connectivity index (χ4n) is 1.59. The summed E-state index contributed by atoms with van der Waals surface area (Å²) in [6.07, 6.45) is 2.47. The summed E-state index contributed by atoms with van der Waals surface area (Å²) >= 11 is 0. The van der Waals surface area contributed by atoms with Crippen LogP contribution >= 0.6 is 0 Å². The summed E-state index contributed by atoms with van der Waals surface area (Å²) in [5, 5.41) is 11.8. The Morgan fingerprint density at radius 1 is 1.67 bits per heavy atom. The van der Waals surface area contributed by atoms with E-state index in [9.17, 15) is 4.79 Å². The van der Waals surface area contributed by atoms with E-state index in [2.05, 4.69) is 5.23 Å². The molecule has 1 aliphatic carbocycles. The average molecular weight is 171 g/mol. The maximum absolute atomic E-state index is 10.6. The minimum atomic E-state index is -0.670. The Morgan fingerprint density at radius 2 is 2.42 bits per heavy atom. The lowest BCUT2D eigenvalue weighted by molar-refractivity contribution is -0.141. The van der Waals surface area contributed by atoms with E-state index in [1.54, 1.807) is 7.11 Å². The van der Waals surface area contributed by atoms with Crippen molar-refractivity contribution in [2.45, 2.75) is 25.3 Å². The molecule has 0 saturated heterocycles. The molecule has 0 aromatic rings. The molecule has 0 aromatic carbocycles. The molecule has 12 heavy (non-hydrogen) atoms. The molecule has 0 aliphatic heterocycles. The van der Waals surface area contributed by atoms with Gasteiger partial charge in [0.1, 0.15) is 0 Å². The molecule has 0 heterocycles. The third kappa shape index (κ3) is 2.50. The number of rotatable bonds is 4. The monoisotopic (exact) mass is 171 g/mol. The predicted molar refractivity (Wildman–Crippen MR) is 46.1 cm³/mol. The van der Waals surface area contributed by atoms with Crippen molar-refractivity contribution in [3.05, 3.63) is 0 Å². The summed E-state index contributed by atoms with van der Waals surface area (Å²) in [6.45, 7) is 0. The Kier molecular flexibility index (Phi) is 3.56. The van der Waals surface area contributed by atoms with Crippen LogP contribution in [-0.4, -0.2) is 31.8 Å². The SMILES string of the molecule is COBNC1CCC(C(=O)O)C1. The smallest absolute Gasteiger partial charge is 0.360 e. The Bertz CT molecular complexity index is 165. The number of carbonyl (C=O) groups is 1. The molecule has 2 N–H and O–H groups in total. The highest BCUT2D eigenvalue weighted by Crippen LogP contribution is 2.25. The largest absolute Gasteiger partial charge is 0.481 e. The summed E-state index contributed by atoms with van der Waals surface area (Å²) < 4.78 is 4.84. The molecule has 0 amide bonds. The molecule has 0 aromatic heterocycles. The summed E-state index contributed by atoms with van der Waals surface area (Å²) in [7, 11) is 2.13. The Morgan fingerprint density at radius 3 is 2.92 bits per heavy atom. The second-order valence-corrected chi connectivity index (χ2v) is 3.18. The Balaban J connectivity index is 2.21. The highest BCUT2D eigenvalue weighted by atomic mass is 16.4. The minimum Gasteiger partial charge on any atom is -0.481 e. The standard InChI is InChI=1S/C7H14BNO3/c1-12-8-9-6-3-2-5(4-6)7(10)11/h5-6,8-9H,2-4H2,1H3,(H,10,11). The van der Waals surface area contributed by atoms with Crippen LogP contribution in [0.1, 0.15) is 19.3 Å². The number of carboxylic acid groups (broad SMARTS) is 1. The van der Waals surface area contributed by atoms with Crippen LogP contribution in [-0.2, 0) is 9.45 Å². The topological polar surface area (TPSA) is 58.6 Å². The van der Waals surface area contributed by atoms with Crippen LogP contribution in [0, 0.1) is 5.92 Å². The van der Waals surface area contributed by atoms with Crippen molar-refractivity contribution in [2.75, 3.05) is 7.11 Å². The van der Waals surface area contributed by atoms with Gasteiger partial charge in [0.2, 0.25) is 0 Å². The molecule has 1 rings (SSSR count). The number of carboxylic acids is 1. The second-order valence-electron chi connectivity index (χ2n) is 3.18. The first kappa shape index (κ1) is 9.54. The molecule has 1 saturated carbocycles. The molecule has 1 aliphatic rings. The number of hydrogen-bond acceptors (Lipinski definition) is 3.